The van der Waals surface area contributed by atoms with Gasteiger partial charge in [0.15, 0.2) is 6.10 Å². The van der Waals surface area contributed by atoms with Gasteiger partial charge in [0, 0.05) is 0 Å². The molecule has 1 atom stereocenters. The SMILES string of the molecule is C[C@H](OCC(F)(F)F)C(=O)OCCN1C(=O)c2ccccc2C1=O. The third kappa shape index (κ3) is 4.10. The minimum atomic E-state index is -4.55. The Balaban J connectivity index is 1.82. The highest BCUT2D eigenvalue weighted by Gasteiger charge is 2.35. The molecule has 9 heteroatoms. The van der Waals surface area contributed by atoms with E-state index in [0.717, 1.165) is 11.8 Å². The van der Waals surface area contributed by atoms with Crippen molar-refractivity contribution in [1.29, 1.82) is 0 Å². The molecule has 1 heterocycles. The zero-order valence-corrected chi connectivity index (χ0v) is 12.6. The number of ether oxygens (including phenoxy) is 2. The number of nitrogens with zero attached hydrogens (tertiary/aromatic N) is 1. The van der Waals surface area contributed by atoms with Crippen molar-refractivity contribution in [3.05, 3.63) is 35.4 Å². The molecular formula is C15H14F3NO5. The molecule has 0 unspecified atom stereocenters. The Morgan fingerprint density at radius 1 is 1.17 bits per heavy atom. The first kappa shape index (κ1) is 17.9. The van der Waals surface area contributed by atoms with Gasteiger partial charge in [-0.2, -0.15) is 13.2 Å². The van der Waals surface area contributed by atoms with Crippen molar-refractivity contribution in [2.24, 2.45) is 0 Å². The van der Waals surface area contributed by atoms with E-state index in [-0.39, 0.29) is 24.3 Å². The van der Waals surface area contributed by atoms with Gasteiger partial charge in [0.25, 0.3) is 11.8 Å². The summed E-state index contributed by atoms with van der Waals surface area (Å²) in [6.45, 7) is -0.966. The number of imide groups is 1. The van der Waals surface area contributed by atoms with Crippen molar-refractivity contribution >= 4 is 17.8 Å². The van der Waals surface area contributed by atoms with Gasteiger partial charge >= 0.3 is 12.1 Å². The van der Waals surface area contributed by atoms with Gasteiger partial charge in [-0.1, -0.05) is 12.1 Å². The normalized spacial score (nSPS) is 15.4. The van der Waals surface area contributed by atoms with Crippen LogP contribution < -0.4 is 0 Å². The molecular weight excluding hydrogens is 331 g/mol. The monoisotopic (exact) mass is 345 g/mol. The zero-order valence-electron chi connectivity index (χ0n) is 12.6. The summed E-state index contributed by atoms with van der Waals surface area (Å²) >= 11 is 0. The Hall–Kier alpha value is -2.42. The van der Waals surface area contributed by atoms with Crippen LogP contribution in [0.4, 0.5) is 13.2 Å². The van der Waals surface area contributed by atoms with Crippen LogP contribution in [0, 0.1) is 0 Å². The van der Waals surface area contributed by atoms with Crippen LogP contribution in [0.1, 0.15) is 27.6 Å². The van der Waals surface area contributed by atoms with Crippen LogP contribution in [0.3, 0.4) is 0 Å². The Labute approximate surface area is 135 Å². The zero-order chi connectivity index (χ0) is 17.9. The van der Waals surface area contributed by atoms with E-state index in [1.807, 2.05) is 0 Å². The molecule has 0 radical (unpaired) electrons. The molecule has 1 aromatic rings. The number of benzene rings is 1. The highest BCUT2D eigenvalue weighted by molar-refractivity contribution is 6.21. The molecule has 1 aliphatic heterocycles. The highest BCUT2D eigenvalue weighted by Crippen LogP contribution is 2.22. The molecule has 6 nitrogen and oxygen atoms in total. The van der Waals surface area contributed by atoms with E-state index in [1.54, 1.807) is 12.1 Å². The molecule has 1 aliphatic rings. The lowest BCUT2D eigenvalue weighted by atomic mass is 10.1. The summed E-state index contributed by atoms with van der Waals surface area (Å²) in [6, 6.07) is 6.25. The predicted octanol–water partition coefficient (Wildman–Crippen LogP) is 1.79. The molecule has 0 saturated heterocycles. The highest BCUT2D eigenvalue weighted by atomic mass is 19.4. The van der Waals surface area contributed by atoms with E-state index in [1.165, 1.54) is 12.1 Å². The van der Waals surface area contributed by atoms with Crippen molar-refractivity contribution in [3.63, 3.8) is 0 Å². The van der Waals surface area contributed by atoms with Crippen LogP contribution in [0.5, 0.6) is 0 Å². The van der Waals surface area contributed by atoms with E-state index in [2.05, 4.69) is 4.74 Å². The number of halogens is 3. The molecule has 0 fully saturated rings. The number of amides is 2. The number of esters is 1. The second-order valence-electron chi connectivity index (χ2n) is 5.04. The molecule has 1 aromatic carbocycles. The van der Waals surface area contributed by atoms with Gasteiger partial charge < -0.3 is 9.47 Å². The van der Waals surface area contributed by atoms with E-state index < -0.39 is 36.7 Å². The molecule has 24 heavy (non-hydrogen) atoms. The lowest BCUT2D eigenvalue weighted by Gasteiger charge is -2.16. The first-order valence-electron chi connectivity index (χ1n) is 7.01. The fourth-order valence-electron chi connectivity index (χ4n) is 2.08. The molecule has 0 aromatic heterocycles. The summed E-state index contributed by atoms with van der Waals surface area (Å²) in [7, 11) is 0. The Morgan fingerprint density at radius 2 is 1.71 bits per heavy atom. The van der Waals surface area contributed by atoms with Crippen molar-refractivity contribution in [2.75, 3.05) is 19.8 Å². The van der Waals surface area contributed by atoms with E-state index in [9.17, 15) is 27.6 Å². The van der Waals surface area contributed by atoms with Gasteiger partial charge in [0.2, 0.25) is 0 Å². The minimum absolute atomic E-state index is 0.190. The van der Waals surface area contributed by atoms with Crippen molar-refractivity contribution < 1.29 is 37.0 Å². The van der Waals surface area contributed by atoms with Gasteiger partial charge in [-0.25, -0.2) is 4.79 Å². The van der Waals surface area contributed by atoms with Gasteiger partial charge in [0.05, 0.1) is 17.7 Å². The summed E-state index contributed by atoms with van der Waals surface area (Å²) in [5.41, 5.74) is 0.520. The number of hydrogen-bond acceptors (Lipinski definition) is 5. The number of rotatable bonds is 6. The maximum absolute atomic E-state index is 12.0. The first-order chi connectivity index (χ1) is 11.2. The summed E-state index contributed by atoms with van der Waals surface area (Å²) < 4.78 is 45.1. The lowest BCUT2D eigenvalue weighted by Crippen LogP contribution is -2.35. The third-order valence-corrected chi connectivity index (χ3v) is 3.27. The molecule has 2 amide bonds. The van der Waals surface area contributed by atoms with Crippen molar-refractivity contribution in [1.82, 2.24) is 4.90 Å². The van der Waals surface area contributed by atoms with Crippen LogP contribution in [-0.2, 0) is 14.3 Å². The maximum atomic E-state index is 12.0. The maximum Gasteiger partial charge on any atom is 0.411 e. The second-order valence-corrected chi connectivity index (χ2v) is 5.04. The van der Waals surface area contributed by atoms with Crippen LogP contribution >= 0.6 is 0 Å². The summed E-state index contributed by atoms with van der Waals surface area (Å²) in [5.74, 6) is -2.02. The van der Waals surface area contributed by atoms with Crippen LogP contribution in [0.15, 0.2) is 24.3 Å². The molecule has 0 bridgehead atoms. The van der Waals surface area contributed by atoms with Gasteiger partial charge in [0.1, 0.15) is 13.2 Å². The van der Waals surface area contributed by atoms with Gasteiger partial charge in [-0.05, 0) is 19.1 Å². The van der Waals surface area contributed by atoms with Gasteiger partial charge in [-0.3, -0.25) is 14.5 Å². The van der Waals surface area contributed by atoms with E-state index in [4.69, 9.17) is 4.74 Å². The fourth-order valence-corrected chi connectivity index (χ4v) is 2.08. The smallest absolute Gasteiger partial charge is 0.411 e. The molecule has 130 valence electrons. The standard InChI is InChI=1S/C15H14F3NO5/c1-9(24-8-15(16,17)18)14(22)23-7-6-19-12(20)10-4-2-3-5-11(10)13(19)21/h2-5,9H,6-8H2,1H3/t9-/m0/s1. The summed E-state index contributed by atoms with van der Waals surface area (Å²) in [4.78, 5) is 36.5. The summed E-state index contributed by atoms with van der Waals surface area (Å²) in [5, 5.41) is 0. The quantitative estimate of drug-likeness (QED) is 0.581. The van der Waals surface area contributed by atoms with Crippen molar-refractivity contribution in [2.45, 2.75) is 19.2 Å². The number of fused-ring (bicyclic) bond motifs is 1. The number of carbonyl (C=O) groups excluding carboxylic acids is 3. The van der Waals surface area contributed by atoms with Crippen LogP contribution in [-0.4, -0.2) is 54.7 Å². The lowest BCUT2D eigenvalue weighted by molar-refractivity contribution is -0.192. The fraction of sp³-hybridized carbons (Fsp3) is 0.400. The summed E-state index contributed by atoms with van der Waals surface area (Å²) in [6.07, 6.45) is -5.96. The average molecular weight is 345 g/mol. The van der Waals surface area contributed by atoms with Crippen molar-refractivity contribution in [3.8, 4) is 0 Å². The third-order valence-electron chi connectivity index (χ3n) is 3.27. The first-order valence-corrected chi connectivity index (χ1v) is 7.01. The van der Waals surface area contributed by atoms with E-state index in [0.29, 0.717) is 0 Å². The molecule has 0 saturated carbocycles. The largest absolute Gasteiger partial charge is 0.462 e. The Bertz CT molecular complexity index is 624. The molecule has 2 rings (SSSR count). The van der Waals surface area contributed by atoms with Crippen LogP contribution in [0.2, 0.25) is 0 Å². The topological polar surface area (TPSA) is 72.9 Å². The minimum Gasteiger partial charge on any atom is -0.462 e. The molecule has 0 spiro atoms. The number of carbonyl (C=O) groups is 3. The predicted molar refractivity (Wildman–Crippen MR) is 74.2 cm³/mol. The van der Waals surface area contributed by atoms with Crippen LogP contribution in [0.25, 0.3) is 0 Å². The molecule has 0 N–H and O–H groups in total. The average Bonchev–Trinajstić information content (AvgIpc) is 2.77. The van der Waals surface area contributed by atoms with Gasteiger partial charge in [-0.15, -0.1) is 0 Å². The molecule has 0 aliphatic carbocycles. The number of alkyl halides is 3. The van der Waals surface area contributed by atoms with E-state index >= 15 is 0 Å². The second kappa shape index (κ2) is 7.00. The Kier molecular flexibility index (Phi) is 5.23. The Morgan fingerprint density at radius 3 is 2.21 bits per heavy atom. The number of hydrogen-bond donors (Lipinski definition) is 0.